The van der Waals surface area contributed by atoms with Crippen LogP contribution in [0.15, 0.2) is 47.2 Å². The van der Waals surface area contributed by atoms with Crippen molar-refractivity contribution < 1.29 is 60.1 Å². The second-order valence-corrected chi connectivity index (χ2v) is 8.39. The first-order valence-corrected chi connectivity index (χ1v) is 11.3. The van der Waals surface area contributed by atoms with Crippen molar-refractivity contribution in [2.24, 2.45) is 0 Å². The van der Waals surface area contributed by atoms with Crippen LogP contribution >= 0.6 is 0 Å². The quantitative estimate of drug-likeness (QED) is 0.532. The summed E-state index contributed by atoms with van der Waals surface area (Å²) < 4.78 is 75.0. The van der Waals surface area contributed by atoms with E-state index >= 15 is 0 Å². The Balaban J connectivity index is 0.000000317. The fourth-order valence-electron chi connectivity index (χ4n) is 3.95. The molecule has 1 amide bonds. The molecule has 2 aromatic heterocycles. The first-order chi connectivity index (χ1) is 18.1. The Labute approximate surface area is 217 Å². The minimum Gasteiger partial charge on any atom is -0.475 e. The molecule has 0 radical (unpaired) electrons. The lowest BCUT2D eigenvalue weighted by Crippen LogP contribution is -2.46. The number of fused-ring (bicyclic) bond motifs is 1. The Morgan fingerprint density at radius 2 is 1.67 bits per heavy atom. The van der Waals surface area contributed by atoms with Gasteiger partial charge < -0.3 is 24.3 Å². The van der Waals surface area contributed by atoms with Gasteiger partial charge in [0.25, 0.3) is 5.91 Å². The van der Waals surface area contributed by atoms with Gasteiger partial charge in [-0.25, -0.2) is 9.59 Å². The molecule has 2 N–H and O–H groups in total. The van der Waals surface area contributed by atoms with Gasteiger partial charge in [0, 0.05) is 19.3 Å². The fourth-order valence-corrected chi connectivity index (χ4v) is 3.95. The highest BCUT2D eigenvalue weighted by Gasteiger charge is 2.48. The molecule has 2 saturated heterocycles. The van der Waals surface area contributed by atoms with Gasteiger partial charge in [0.15, 0.2) is 0 Å². The van der Waals surface area contributed by atoms with E-state index in [1.807, 2.05) is 29.2 Å². The van der Waals surface area contributed by atoms with Gasteiger partial charge in [0.1, 0.15) is 11.5 Å². The van der Waals surface area contributed by atoms with Crippen molar-refractivity contribution in [1.29, 1.82) is 0 Å². The van der Waals surface area contributed by atoms with E-state index in [1.54, 1.807) is 18.5 Å². The number of furan rings is 1. The molecule has 216 valence electrons. The predicted octanol–water partition coefficient (Wildman–Crippen LogP) is 3.45. The van der Waals surface area contributed by atoms with E-state index < -0.39 is 24.3 Å². The van der Waals surface area contributed by atoms with E-state index in [2.05, 4.69) is 16.9 Å². The number of carbonyl (C=O) groups is 3. The Kier molecular flexibility index (Phi) is 10.9. The Morgan fingerprint density at radius 3 is 2.15 bits per heavy atom. The summed E-state index contributed by atoms with van der Waals surface area (Å²) in [7, 11) is 2.07. The molecule has 4 rings (SSSR count). The Hall–Kier alpha value is -3.66. The number of hydrogen-bond donors (Lipinski definition) is 2. The van der Waals surface area contributed by atoms with E-state index in [9.17, 15) is 31.1 Å². The number of pyridine rings is 1. The Bertz CT molecular complexity index is 1060. The summed E-state index contributed by atoms with van der Waals surface area (Å²) in [5.41, 5.74) is 0.501. The van der Waals surface area contributed by atoms with Crippen molar-refractivity contribution >= 4 is 17.8 Å². The highest BCUT2D eigenvalue weighted by atomic mass is 19.4. The number of carbonyl (C=O) groups excluding carboxylic acids is 1. The molecule has 4 heterocycles. The summed E-state index contributed by atoms with van der Waals surface area (Å²) in [5.74, 6) is -4.60. The first kappa shape index (κ1) is 31.6. The lowest BCUT2D eigenvalue weighted by Gasteiger charge is -2.34. The van der Waals surface area contributed by atoms with E-state index in [4.69, 9.17) is 29.0 Å². The number of hydrogen-bond acceptors (Lipinski definition) is 7. The zero-order chi connectivity index (χ0) is 29.4. The molecular weight excluding hydrogens is 544 g/mol. The molecule has 0 saturated carbocycles. The molecule has 16 heteroatoms. The van der Waals surface area contributed by atoms with Crippen LogP contribution in [0.3, 0.4) is 0 Å². The highest BCUT2D eigenvalue weighted by Crippen LogP contribution is 2.32. The third-order valence-electron chi connectivity index (χ3n) is 5.68. The Morgan fingerprint density at radius 1 is 1.05 bits per heavy atom. The van der Waals surface area contributed by atoms with E-state index in [0.29, 0.717) is 18.8 Å². The van der Waals surface area contributed by atoms with Crippen LogP contribution in [-0.4, -0.2) is 93.6 Å². The summed E-state index contributed by atoms with van der Waals surface area (Å²) in [5, 5.41) is 14.2. The zero-order valence-electron chi connectivity index (χ0n) is 20.4. The minimum atomic E-state index is -5.08. The molecule has 10 nitrogen and oxygen atoms in total. The maximum Gasteiger partial charge on any atom is 0.490 e. The number of ether oxygens (including phenoxy) is 1. The molecule has 3 atom stereocenters. The number of likely N-dealkylation sites (tertiary alicyclic amines) is 1. The summed E-state index contributed by atoms with van der Waals surface area (Å²) in [6.07, 6.45) is -4.80. The zero-order valence-corrected chi connectivity index (χ0v) is 20.4. The van der Waals surface area contributed by atoms with Crippen molar-refractivity contribution in [3.05, 3.63) is 54.2 Å². The first-order valence-electron chi connectivity index (χ1n) is 11.3. The number of carboxylic acid groups (broad SMARTS) is 2. The monoisotopic (exact) mass is 569 g/mol. The van der Waals surface area contributed by atoms with Crippen LogP contribution in [0.4, 0.5) is 26.3 Å². The summed E-state index contributed by atoms with van der Waals surface area (Å²) in [6.45, 7) is 2.12. The molecule has 2 aromatic rings. The molecule has 0 aromatic carbocycles. The summed E-state index contributed by atoms with van der Waals surface area (Å²) >= 11 is 0. The van der Waals surface area contributed by atoms with Gasteiger partial charge in [-0.1, -0.05) is 6.07 Å². The van der Waals surface area contributed by atoms with Gasteiger partial charge in [0.2, 0.25) is 0 Å². The third kappa shape index (κ3) is 9.24. The molecule has 0 unspecified atom stereocenters. The SMILES string of the molecule is CN(Cc1ccco1)[C@@H]1CN(C(=O)c2ccccn2)[C@@H]2CCCO[C@H]12.O=C(O)C(F)(F)F.O=C(O)C(F)(F)F. The van der Waals surface area contributed by atoms with E-state index in [-0.39, 0.29) is 24.1 Å². The second kappa shape index (κ2) is 13.4. The van der Waals surface area contributed by atoms with Crippen LogP contribution in [0.1, 0.15) is 29.1 Å². The van der Waals surface area contributed by atoms with Crippen molar-refractivity contribution in [1.82, 2.24) is 14.8 Å². The number of likely N-dealkylation sites (N-methyl/N-ethyl adjacent to an activating group) is 1. The molecule has 2 aliphatic heterocycles. The molecule has 2 fully saturated rings. The molecule has 0 spiro atoms. The lowest BCUT2D eigenvalue weighted by atomic mass is 10.00. The molecule has 2 aliphatic rings. The third-order valence-corrected chi connectivity index (χ3v) is 5.68. The highest BCUT2D eigenvalue weighted by molar-refractivity contribution is 5.92. The molecule has 0 aliphatic carbocycles. The number of alkyl halides is 6. The largest absolute Gasteiger partial charge is 0.490 e. The van der Waals surface area contributed by atoms with Gasteiger partial charge >= 0.3 is 24.3 Å². The number of aliphatic carboxylic acids is 2. The van der Waals surface area contributed by atoms with E-state index in [1.165, 1.54) is 0 Å². The van der Waals surface area contributed by atoms with Crippen molar-refractivity contribution in [3.8, 4) is 0 Å². The van der Waals surface area contributed by atoms with Gasteiger partial charge in [0.05, 0.1) is 31.0 Å². The second-order valence-electron chi connectivity index (χ2n) is 8.39. The van der Waals surface area contributed by atoms with Crippen molar-refractivity contribution in [2.75, 3.05) is 20.2 Å². The number of halogens is 6. The van der Waals surface area contributed by atoms with Crippen LogP contribution in [0, 0.1) is 0 Å². The van der Waals surface area contributed by atoms with Crippen LogP contribution in [0.25, 0.3) is 0 Å². The number of nitrogens with zero attached hydrogens (tertiary/aromatic N) is 3. The van der Waals surface area contributed by atoms with Crippen LogP contribution < -0.4 is 0 Å². The number of aromatic nitrogens is 1. The molecular formula is C23H25F6N3O7. The standard InChI is InChI=1S/C19H23N3O3.2C2HF3O2/c1-21(12-14-6-4-10-24-14)17-13-22(16-8-5-11-25-18(16)17)19(23)15-7-2-3-9-20-15;2*3-2(4,5)1(6)7/h2-4,6-7,9-10,16-18H,5,8,11-13H2,1H3;2*(H,6,7)/t16-,17-,18+;;/m1../s1. The smallest absolute Gasteiger partial charge is 0.475 e. The number of carboxylic acids is 2. The van der Waals surface area contributed by atoms with Gasteiger partial charge in [-0.05, 0) is 44.2 Å². The minimum absolute atomic E-state index is 0.00463. The number of amides is 1. The van der Waals surface area contributed by atoms with Gasteiger partial charge in [-0.2, -0.15) is 26.3 Å². The predicted molar refractivity (Wildman–Crippen MR) is 119 cm³/mol. The fraction of sp³-hybridized carbons (Fsp3) is 0.478. The van der Waals surface area contributed by atoms with Crippen molar-refractivity contribution in [2.45, 2.75) is 49.9 Å². The lowest BCUT2D eigenvalue weighted by molar-refractivity contribution is -0.193. The molecule has 39 heavy (non-hydrogen) atoms. The van der Waals surface area contributed by atoms with E-state index in [0.717, 1.165) is 25.2 Å². The summed E-state index contributed by atoms with van der Waals surface area (Å²) in [4.78, 5) is 39.2. The normalized spacial score (nSPS) is 20.7. The van der Waals surface area contributed by atoms with Gasteiger partial charge in [-0.3, -0.25) is 14.7 Å². The van der Waals surface area contributed by atoms with Crippen LogP contribution in [0.5, 0.6) is 0 Å². The van der Waals surface area contributed by atoms with Crippen LogP contribution in [0.2, 0.25) is 0 Å². The van der Waals surface area contributed by atoms with Crippen LogP contribution in [-0.2, 0) is 20.9 Å². The maximum absolute atomic E-state index is 13.0. The molecule has 0 bridgehead atoms. The average molecular weight is 569 g/mol. The summed E-state index contributed by atoms with van der Waals surface area (Å²) in [6, 6.07) is 9.60. The van der Waals surface area contributed by atoms with Crippen molar-refractivity contribution in [3.63, 3.8) is 0 Å². The topological polar surface area (TPSA) is 133 Å². The number of rotatable bonds is 4. The van der Waals surface area contributed by atoms with Gasteiger partial charge in [-0.15, -0.1) is 0 Å². The average Bonchev–Trinajstić information content (AvgIpc) is 3.52. The maximum atomic E-state index is 13.0.